The average Bonchev–Trinajstić information content (AvgIpc) is 3.09. The Morgan fingerprint density at radius 2 is 1.89 bits per heavy atom. The molecule has 0 spiro atoms. The van der Waals surface area contributed by atoms with E-state index in [2.05, 4.69) is 10.4 Å². The second kappa shape index (κ2) is 7.94. The molecule has 3 rings (SSSR count). The van der Waals surface area contributed by atoms with Crippen molar-refractivity contribution in [1.82, 2.24) is 15.1 Å². The van der Waals surface area contributed by atoms with Gasteiger partial charge in [-0.2, -0.15) is 5.10 Å². The first-order valence-electron chi connectivity index (χ1n) is 9.52. The third kappa shape index (κ3) is 4.04. The summed E-state index contributed by atoms with van der Waals surface area (Å²) in [5, 5.41) is 17.1. The van der Waals surface area contributed by atoms with Crippen molar-refractivity contribution < 1.29 is 14.7 Å². The molecule has 1 amide bonds. The lowest BCUT2D eigenvalue weighted by molar-refractivity contribution is -0.142. The Labute approximate surface area is 159 Å². The van der Waals surface area contributed by atoms with Gasteiger partial charge in [0.05, 0.1) is 11.3 Å². The van der Waals surface area contributed by atoms with Gasteiger partial charge in [0.15, 0.2) is 0 Å². The summed E-state index contributed by atoms with van der Waals surface area (Å²) in [5.41, 5.74) is 0.873. The van der Waals surface area contributed by atoms with Crippen LogP contribution in [0.1, 0.15) is 66.6 Å². The average molecular weight is 369 g/mol. The number of carbonyl (C=O) groups is 2. The molecule has 27 heavy (non-hydrogen) atoms. The summed E-state index contributed by atoms with van der Waals surface area (Å²) in [5.74, 6) is -0.916. The summed E-state index contributed by atoms with van der Waals surface area (Å²) in [6, 6.07) is 9.01. The number of nitrogens with one attached hydrogen (secondary N) is 1. The van der Waals surface area contributed by atoms with Crippen molar-refractivity contribution in [1.29, 1.82) is 0 Å². The number of aryl methyl sites for hydroxylation is 1. The smallest absolute Gasteiger partial charge is 0.315 e. The van der Waals surface area contributed by atoms with Gasteiger partial charge in [0.2, 0.25) is 0 Å². The van der Waals surface area contributed by atoms with Crippen molar-refractivity contribution in [2.45, 2.75) is 50.4 Å². The van der Waals surface area contributed by atoms with Gasteiger partial charge in [-0.05, 0) is 25.3 Å². The number of rotatable bonds is 6. The maximum atomic E-state index is 12.9. The topological polar surface area (TPSA) is 84.2 Å². The van der Waals surface area contributed by atoms with Gasteiger partial charge in [0.1, 0.15) is 5.41 Å². The summed E-state index contributed by atoms with van der Waals surface area (Å²) >= 11 is 0. The first kappa shape index (κ1) is 19.1. The highest BCUT2D eigenvalue weighted by molar-refractivity contribution is 5.96. The Morgan fingerprint density at radius 1 is 1.22 bits per heavy atom. The van der Waals surface area contributed by atoms with E-state index in [1.807, 2.05) is 13.1 Å². The van der Waals surface area contributed by atoms with Gasteiger partial charge in [0, 0.05) is 25.7 Å². The third-order valence-electron chi connectivity index (χ3n) is 5.58. The van der Waals surface area contributed by atoms with Crippen LogP contribution in [-0.2, 0) is 17.3 Å². The zero-order valence-corrected chi connectivity index (χ0v) is 15.9. The summed E-state index contributed by atoms with van der Waals surface area (Å²) in [6.07, 6.45) is 7.39. The van der Waals surface area contributed by atoms with E-state index in [9.17, 15) is 14.7 Å². The first-order valence-corrected chi connectivity index (χ1v) is 9.52. The number of aromatic nitrogens is 2. The van der Waals surface area contributed by atoms with Gasteiger partial charge in [-0.3, -0.25) is 14.3 Å². The van der Waals surface area contributed by atoms with E-state index in [0.717, 1.165) is 31.4 Å². The van der Waals surface area contributed by atoms with Gasteiger partial charge < -0.3 is 10.4 Å². The van der Waals surface area contributed by atoms with Crippen molar-refractivity contribution in [2.75, 3.05) is 6.54 Å². The van der Waals surface area contributed by atoms with Crippen LogP contribution in [0, 0.1) is 0 Å². The van der Waals surface area contributed by atoms with Crippen molar-refractivity contribution in [3.63, 3.8) is 0 Å². The Hall–Kier alpha value is -2.63. The predicted molar refractivity (Wildman–Crippen MR) is 103 cm³/mol. The molecule has 1 aromatic heterocycles. The summed E-state index contributed by atoms with van der Waals surface area (Å²) in [7, 11) is 1.81. The molecule has 0 aliphatic heterocycles. The monoisotopic (exact) mass is 369 g/mol. The van der Waals surface area contributed by atoms with Crippen molar-refractivity contribution in [3.8, 4) is 0 Å². The second-order valence-electron chi connectivity index (χ2n) is 7.62. The second-order valence-corrected chi connectivity index (χ2v) is 7.62. The zero-order valence-electron chi connectivity index (χ0n) is 15.9. The largest absolute Gasteiger partial charge is 0.481 e. The Morgan fingerprint density at radius 3 is 2.52 bits per heavy atom. The fourth-order valence-electron chi connectivity index (χ4n) is 3.82. The summed E-state index contributed by atoms with van der Waals surface area (Å²) < 4.78 is 1.67. The van der Waals surface area contributed by atoms with Gasteiger partial charge in [-0.1, -0.05) is 49.6 Å². The molecule has 1 aliphatic rings. The van der Waals surface area contributed by atoms with Crippen LogP contribution in [0.15, 0.2) is 36.5 Å². The highest BCUT2D eigenvalue weighted by Gasteiger charge is 2.36. The third-order valence-corrected chi connectivity index (χ3v) is 5.58. The molecule has 0 saturated heterocycles. The number of benzene rings is 1. The van der Waals surface area contributed by atoms with Gasteiger partial charge in [0.25, 0.3) is 5.91 Å². The van der Waals surface area contributed by atoms with Crippen molar-refractivity contribution in [2.24, 2.45) is 7.05 Å². The molecular formula is C21H27N3O3. The normalized spacial score (nSPS) is 17.3. The van der Waals surface area contributed by atoms with Crippen LogP contribution in [-0.4, -0.2) is 33.3 Å². The molecule has 2 aromatic rings. The SMILES string of the molecule is Cn1cc(C(=O)NCC(C)(C(=O)O)c2ccccc2)c(C2CCCCC2)n1. The molecule has 6 nitrogen and oxygen atoms in total. The lowest BCUT2D eigenvalue weighted by atomic mass is 9.82. The van der Waals surface area contributed by atoms with E-state index in [1.165, 1.54) is 6.42 Å². The molecule has 1 aliphatic carbocycles. The number of hydrogen-bond donors (Lipinski definition) is 2. The molecule has 1 saturated carbocycles. The molecule has 1 aromatic carbocycles. The first-order chi connectivity index (χ1) is 12.9. The molecule has 6 heteroatoms. The lowest BCUT2D eigenvalue weighted by Crippen LogP contribution is -2.44. The minimum absolute atomic E-state index is 0.0180. The molecule has 1 heterocycles. The molecule has 0 bridgehead atoms. The van der Waals surface area contributed by atoms with Crippen molar-refractivity contribution in [3.05, 3.63) is 53.3 Å². The molecule has 1 unspecified atom stereocenters. The van der Waals surface area contributed by atoms with Crippen LogP contribution < -0.4 is 5.32 Å². The molecule has 1 fully saturated rings. The Bertz CT molecular complexity index is 809. The fraction of sp³-hybridized carbons (Fsp3) is 0.476. The van der Waals surface area contributed by atoms with Gasteiger partial charge in [-0.15, -0.1) is 0 Å². The van der Waals surface area contributed by atoms with Gasteiger partial charge in [-0.25, -0.2) is 0 Å². The highest BCUT2D eigenvalue weighted by Crippen LogP contribution is 2.33. The number of amides is 1. The van der Waals surface area contributed by atoms with Crippen LogP contribution in [0.2, 0.25) is 0 Å². The summed E-state index contributed by atoms with van der Waals surface area (Å²) in [4.78, 5) is 24.8. The van der Waals surface area contributed by atoms with Crippen LogP contribution in [0.3, 0.4) is 0 Å². The van der Waals surface area contributed by atoms with Crippen LogP contribution >= 0.6 is 0 Å². The van der Waals surface area contributed by atoms with E-state index >= 15 is 0 Å². The lowest BCUT2D eigenvalue weighted by Gasteiger charge is -2.26. The highest BCUT2D eigenvalue weighted by atomic mass is 16.4. The maximum Gasteiger partial charge on any atom is 0.315 e. The number of carboxylic acid groups (broad SMARTS) is 1. The van der Waals surface area contributed by atoms with E-state index in [0.29, 0.717) is 17.0 Å². The van der Waals surface area contributed by atoms with Gasteiger partial charge >= 0.3 is 5.97 Å². The molecule has 0 radical (unpaired) electrons. The Balaban J connectivity index is 1.78. The number of carboxylic acids is 1. The number of hydrogen-bond acceptors (Lipinski definition) is 3. The standard InChI is InChI=1S/C21H27N3O3/c1-21(20(26)27,16-11-7-4-8-12-16)14-22-19(25)17-13-24(2)23-18(17)15-9-5-3-6-10-15/h4,7-8,11-13,15H,3,5-6,9-10,14H2,1-2H3,(H,22,25)(H,26,27). The fourth-order valence-corrected chi connectivity index (χ4v) is 3.82. The predicted octanol–water partition coefficient (Wildman–Crippen LogP) is 3.24. The number of aliphatic carboxylic acids is 1. The van der Waals surface area contributed by atoms with Crippen LogP contribution in [0.25, 0.3) is 0 Å². The Kier molecular flexibility index (Phi) is 5.63. The molecule has 2 N–H and O–H groups in total. The van der Waals surface area contributed by atoms with E-state index in [1.54, 1.807) is 42.1 Å². The summed E-state index contributed by atoms with van der Waals surface area (Å²) in [6.45, 7) is 1.65. The maximum absolute atomic E-state index is 12.9. The van der Waals surface area contributed by atoms with E-state index < -0.39 is 11.4 Å². The van der Waals surface area contributed by atoms with Crippen molar-refractivity contribution >= 4 is 11.9 Å². The zero-order chi connectivity index (χ0) is 19.4. The number of nitrogens with zero attached hydrogens (tertiary/aromatic N) is 2. The quantitative estimate of drug-likeness (QED) is 0.819. The molecular weight excluding hydrogens is 342 g/mol. The molecule has 1 atom stereocenters. The molecule has 144 valence electrons. The van der Waals surface area contributed by atoms with Crippen LogP contribution in [0.4, 0.5) is 0 Å². The minimum Gasteiger partial charge on any atom is -0.481 e. The van der Waals surface area contributed by atoms with Crippen LogP contribution in [0.5, 0.6) is 0 Å². The van der Waals surface area contributed by atoms with E-state index in [4.69, 9.17) is 0 Å². The van der Waals surface area contributed by atoms with E-state index in [-0.39, 0.29) is 12.5 Å². The number of carbonyl (C=O) groups excluding carboxylic acids is 1. The minimum atomic E-state index is -1.19.